The Balaban J connectivity index is 0.00000306. The van der Waals surface area contributed by atoms with E-state index in [1.165, 1.54) is 30.3 Å². The number of likely N-dealkylation sites (N-methyl/N-ethyl adjacent to an activating group) is 1. The Hall–Kier alpha value is -2.14. The maximum atomic E-state index is 4.81. The predicted molar refractivity (Wildman–Crippen MR) is 145 cm³/mol. The van der Waals surface area contributed by atoms with E-state index in [0.717, 1.165) is 50.2 Å². The molecule has 0 saturated carbocycles. The highest BCUT2D eigenvalue weighted by atomic mass is 127. The molecule has 1 atom stereocenters. The van der Waals surface area contributed by atoms with Crippen molar-refractivity contribution < 1.29 is 0 Å². The van der Waals surface area contributed by atoms with E-state index in [9.17, 15) is 0 Å². The minimum absolute atomic E-state index is 0. The molecule has 0 radical (unpaired) electrons. The van der Waals surface area contributed by atoms with Gasteiger partial charge in [-0.25, -0.2) is 4.99 Å². The quantitative estimate of drug-likeness (QED) is 0.181. The highest BCUT2D eigenvalue weighted by molar-refractivity contribution is 14.0. The van der Waals surface area contributed by atoms with E-state index in [0.29, 0.717) is 12.6 Å². The largest absolute Gasteiger partial charge is 0.356 e. The number of aryl methyl sites for hydroxylation is 2. The number of nitrogens with zero attached hydrogens (tertiary/aromatic N) is 6. The first-order valence-corrected chi connectivity index (χ1v) is 11.8. The molecular formula is C24H37IN8. The summed E-state index contributed by atoms with van der Waals surface area (Å²) in [7, 11) is 1.99. The van der Waals surface area contributed by atoms with Crippen LogP contribution in [0.4, 0.5) is 0 Å². The minimum atomic E-state index is 0. The fourth-order valence-corrected chi connectivity index (χ4v) is 4.46. The lowest BCUT2D eigenvalue weighted by atomic mass is 10.2. The summed E-state index contributed by atoms with van der Waals surface area (Å²) in [6.07, 6.45) is 5.72. The number of nitrogens with one attached hydrogen (secondary N) is 2. The number of halogens is 1. The Morgan fingerprint density at radius 2 is 2.03 bits per heavy atom. The van der Waals surface area contributed by atoms with E-state index in [1.54, 1.807) is 0 Å². The van der Waals surface area contributed by atoms with Crippen molar-refractivity contribution in [2.75, 3.05) is 26.2 Å². The van der Waals surface area contributed by atoms with E-state index in [2.05, 4.69) is 73.8 Å². The summed E-state index contributed by atoms with van der Waals surface area (Å²) >= 11 is 0. The Labute approximate surface area is 213 Å². The summed E-state index contributed by atoms with van der Waals surface area (Å²) in [4.78, 5) is 7.36. The molecule has 180 valence electrons. The van der Waals surface area contributed by atoms with Gasteiger partial charge in [0.1, 0.15) is 12.4 Å². The van der Waals surface area contributed by atoms with Gasteiger partial charge in [0.25, 0.3) is 0 Å². The third-order valence-electron chi connectivity index (χ3n) is 6.52. The van der Waals surface area contributed by atoms with Gasteiger partial charge in [0.15, 0.2) is 11.8 Å². The molecule has 3 aromatic rings. The molecule has 33 heavy (non-hydrogen) atoms. The van der Waals surface area contributed by atoms with Gasteiger partial charge in [0.05, 0.1) is 0 Å². The third-order valence-corrected chi connectivity index (χ3v) is 6.52. The zero-order chi connectivity index (χ0) is 22.3. The summed E-state index contributed by atoms with van der Waals surface area (Å²) < 4.78 is 4.31. The van der Waals surface area contributed by atoms with Crippen LogP contribution < -0.4 is 10.6 Å². The molecule has 0 amide bonds. The van der Waals surface area contributed by atoms with Crippen molar-refractivity contribution in [3.05, 3.63) is 48.2 Å². The molecule has 0 spiro atoms. The van der Waals surface area contributed by atoms with Gasteiger partial charge in [-0.15, -0.1) is 34.2 Å². The molecule has 1 aliphatic heterocycles. The van der Waals surface area contributed by atoms with Crippen molar-refractivity contribution in [1.82, 2.24) is 34.9 Å². The molecule has 2 N–H and O–H groups in total. The molecule has 3 heterocycles. The predicted octanol–water partition coefficient (Wildman–Crippen LogP) is 3.31. The Bertz CT molecular complexity index is 1040. The zero-order valence-corrected chi connectivity index (χ0v) is 22.3. The summed E-state index contributed by atoms with van der Waals surface area (Å²) in [6, 6.07) is 11.3. The molecule has 9 heteroatoms. The van der Waals surface area contributed by atoms with E-state index >= 15 is 0 Å². The van der Waals surface area contributed by atoms with Crippen LogP contribution in [0.2, 0.25) is 0 Å². The molecule has 0 bridgehead atoms. The second-order valence-corrected chi connectivity index (χ2v) is 8.54. The number of likely N-dealkylation sites (tertiary alicyclic amines) is 1. The molecule has 1 aliphatic rings. The average Bonchev–Trinajstić information content (AvgIpc) is 3.52. The van der Waals surface area contributed by atoms with Gasteiger partial charge in [-0.2, -0.15) is 0 Å². The van der Waals surface area contributed by atoms with Crippen molar-refractivity contribution in [2.45, 2.75) is 52.2 Å². The lowest BCUT2D eigenvalue weighted by Gasteiger charge is -2.24. The number of benzene rings is 1. The number of rotatable bonds is 9. The fourth-order valence-electron chi connectivity index (χ4n) is 4.46. The number of guanidine groups is 1. The molecule has 1 saturated heterocycles. The van der Waals surface area contributed by atoms with Gasteiger partial charge in [0.2, 0.25) is 0 Å². The number of aromatic nitrogens is 4. The Morgan fingerprint density at radius 3 is 2.82 bits per heavy atom. The van der Waals surface area contributed by atoms with Crippen LogP contribution >= 0.6 is 24.0 Å². The molecule has 1 fully saturated rings. The number of para-hydroxylation sites is 1. The van der Waals surface area contributed by atoms with E-state index in [4.69, 9.17) is 4.99 Å². The minimum Gasteiger partial charge on any atom is -0.356 e. The summed E-state index contributed by atoms with van der Waals surface area (Å²) in [5.41, 5.74) is 1.29. The number of hydrogen-bond acceptors (Lipinski definition) is 4. The number of fused-ring (bicyclic) bond motifs is 1. The van der Waals surface area contributed by atoms with Crippen LogP contribution in [0.1, 0.15) is 37.8 Å². The van der Waals surface area contributed by atoms with Gasteiger partial charge in [-0.1, -0.05) is 25.1 Å². The van der Waals surface area contributed by atoms with Crippen LogP contribution in [-0.2, 0) is 20.1 Å². The Kier molecular flexibility index (Phi) is 9.54. The van der Waals surface area contributed by atoms with Gasteiger partial charge in [0, 0.05) is 44.4 Å². The maximum Gasteiger partial charge on any atom is 0.191 e. The lowest BCUT2D eigenvalue weighted by molar-refractivity contribution is 0.267. The summed E-state index contributed by atoms with van der Waals surface area (Å²) in [5.74, 6) is 2.63. The highest BCUT2D eigenvalue weighted by Gasteiger charge is 2.22. The first-order valence-electron chi connectivity index (χ1n) is 11.8. The molecule has 1 unspecified atom stereocenters. The standard InChI is InChI=1S/C24H36N8.HI/c1-4-31-14-7-10-21(31)17-26-24(27-18-23-29-28-19(2)30(23)3)25-13-8-15-32-16-12-20-9-5-6-11-22(20)32;/h5-6,9,11-12,16,21H,4,7-8,10,13-15,17-18H2,1-3H3,(H2,25,26,27);1H. The fraction of sp³-hybridized carbons (Fsp3) is 0.542. The normalized spacial score (nSPS) is 16.8. The van der Waals surface area contributed by atoms with E-state index in [1.807, 2.05) is 18.5 Å². The van der Waals surface area contributed by atoms with Crippen LogP contribution in [0.15, 0.2) is 41.5 Å². The van der Waals surface area contributed by atoms with E-state index < -0.39 is 0 Å². The van der Waals surface area contributed by atoms with Crippen molar-refractivity contribution >= 4 is 40.8 Å². The molecule has 2 aromatic heterocycles. The lowest BCUT2D eigenvalue weighted by Crippen LogP contribution is -2.45. The maximum absolute atomic E-state index is 4.81. The van der Waals surface area contributed by atoms with Crippen LogP contribution in [0.5, 0.6) is 0 Å². The monoisotopic (exact) mass is 564 g/mol. The second kappa shape index (κ2) is 12.4. The van der Waals surface area contributed by atoms with Crippen molar-refractivity contribution in [3.63, 3.8) is 0 Å². The van der Waals surface area contributed by atoms with Gasteiger partial charge in [-0.05, 0) is 56.8 Å². The first kappa shape index (κ1) is 25.5. The molecular weight excluding hydrogens is 527 g/mol. The van der Waals surface area contributed by atoms with Crippen LogP contribution in [0, 0.1) is 6.92 Å². The van der Waals surface area contributed by atoms with Gasteiger partial charge >= 0.3 is 0 Å². The Morgan fingerprint density at radius 1 is 1.18 bits per heavy atom. The van der Waals surface area contributed by atoms with Crippen LogP contribution in [-0.4, -0.2) is 62.4 Å². The van der Waals surface area contributed by atoms with Crippen molar-refractivity contribution in [1.29, 1.82) is 0 Å². The molecule has 4 rings (SSSR count). The topological polar surface area (TPSA) is 75.3 Å². The van der Waals surface area contributed by atoms with Crippen molar-refractivity contribution in [3.8, 4) is 0 Å². The third kappa shape index (κ3) is 6.47. The van der Waals surface area contributed by atoms with Crippen molar-refractivity contribution in [2.24, 2.45) is 12.0 Å². The number of hydrogen-bond donors (Lipinski definition) is 2. The van der Waals surface area contributed by atoms with Crippen LogP contribution in [0.25, 0.3) is 10.9 Å². The van der Waals surface area contributed by atoms with Gasteiger partial charge < -0.3 is 19.8 Å². The van der Waals surface area contributed by atoms with Gasteiger partial charge in [-0.3, -0.25) is 4.90 Å². The zero-order valence-electron chi connectivity index (χ0n) is 20.0. The second-order valence-electron chi connectivity index (χ2n) is 8.54. The molecule has 0 aliphatic carbocycles. The molecule has 1 aromatic carbocycles. The van der Waals surface area contributed by atoms with E-state index in [-0.39, 0.29) is 24.0 Å². The number of aliphatic imine (C=N–C) groups is 1. The molecule has 8 nitrogen and oxygen atoms in total. The SMILES string of the molecule is CCN1CCCC1CNC(=NCc1nnc(C)n1C)NCCCn1ccc2ccccc21.I. The summed E-state index contributed by atoms with van der Waals surface area (Å²) in [6.45, 7) is 9.77. The average molecular weight is 565 g/mol. The smallest absolute Gasteiger partial charge is 0.191 e. The highest BCUT2D eigenvalue weighted by Crippen LogP contribution is 2.16. The first-order chi connectivity index (χ1) is 15.7. The van der Waals surface area contributed by atoms with Crippen LogP contribution in [0.3, 0.4) is 0 Å². The summed E-state index contributed by atoms with van der Waals surface area (Å²) in [5, 5.41) is 16.8.